The summed E-state index contributed by atoms with van der Waals surface area (Å²) in [4.78, 5) is 5.31. The average Bonchev–Trinajstić information content (AvgIpc) is 3.01. The van der Waals surface area contributed by atoms with Crippen molar-refractivity contribution in [1.82, 2.24) is 4.98 Å². The first-order valence-corrected chi connectivity index (χ1v) is 7.76. The van der Waals surface area contributed by atoms with Crippen molar-refractivity contribution in [3.8, 4) is 10.8 Å². The summed E-state index contributed by atoms with van der Waals surface area (Å²) in [7, 11) is 0. The van der Waals surface area contributed by atoms with Crippen LogP contribution in [0.3, 0.4) is 0 Å². The maximum atomic E-state index is 13.3. The molecule has 0 unspecified atom stereocenters. The predicted molar refractivity (Wildman–Crippen MR) is 86.9 cm³/mol. The Bertz CT molecular complexity index is 992. The molecule has 0 bridgehead atoms. The Morgan fingerprint density at radius 2 is 2.05 bits per heavy atom. The van der Waals surface area contributed by atoms with E-state index in [4.69, 9.17) is 10.2 Å². The minimum Gasteiger partial charge on any atom is -0.433 e. The molecule has 6 heteroatoms. The fourth-order valence-corrected chi connectivity index (χ4v) is 3.72. The Morgan fingerprint density at radius 3 is 2.90 bits per heavy atom. The molecule has 0 radical (unpaired) electrons. The summed E-state index contributed by atoms with van der Waals surface area (Å²) in [5, 5.41) is 0.966. The second kappa shape index (κ2) is 4.54. The van der Waals surface area contributed by atoms with Gasteiger partial charge in [0.25, 0.3) is 0 Å². The first kappa shape index (κ1) is 12.8. The molecule has 0 aliphatic heterocycles. The molecule has 2 heterocycles. The van der Waals surface area contributed by atoms with Gasteiger partial charge in [0.1, 0.15) is 11.3 Å². The number of oxazole rings is 1. The number of hydrogen-bond donors (Lipinski definition) is 1. The maximum absolute atomic E-state index is 13.3. The van der Waals surface area contributed by atoms with Gasteiger partial charge in [-0.25, -0.2) is 9.37 Å². The lowest BCUT2D eigenvalue weighted by Crippen LogP contribution is -1.84. The van der Waals surface area contributed by atoms with Crippen molar-refractivity contribution in [3.05, 3.63) is 46.7 Å². The molecule has 4 aromatic rings. The highest BCUT2D eigenvalue weighted by atomic mass is 79.9. The van der Waals surface area contributed by atoms with Gasteiger partial charge in [0, 0.05) is 9.17 Å². The highest BCUT2D eigenvalue weighted by Gasteiger charge is 2.14. The second-order valence-electron chi connectivity index (χ2n) is 4.66. The second-order valence-corrected chi connectivity index (χ2v) is 6.65. The normalized spacial score (nSPS) is 11.5. The molecule has 0 saturated heterocycles. The Kier molecular flexibility index (Phi) is 2.77. The summed E-state index contributed by atoms with van der Waals surface area (Å²) < 4.78 is 20.7. The SMILES string of the molecule is Nc1cc(Br)cc2nc(-c3cc4ccc(F)cc4s3)oc12. The molecule has 0 amide bonds. The number of hydrogen-bond acceptors (Lipinski definition) is 4. The van der Waals surface area contributed by atoms with Crippen LogP contribution in [0.1, 0.15) is 0 Å². The zero-order chi connectivity index (χ0) is 14.6. The lowest BCUT2D eigenvalue weighted by atomic mass is 10.2. The molecule has 3 nitrogen and oxygen atoms in total. The number of halogens is 2. The largest absolute Gasteiger partial charge is 0.433 e. The first-order chi connectivity index (χ1) is 10.1. The molecule has 0 aliphatic rings. The van der Waals surface area contributed by atoms with E-state index in [9.17, 15) is 4.39 Å². The van der Waals surface area contributed by atoms with Crippen molar-refractivity contribution in [3.63, 3.8) is 0 Å². The summed E-state index contributed by atoms with van der Waals surface area (Å²) in [5.41, 5.74) is 7.73. The summed E-state index contributed by atoms with van der Waals surface area (Å²) in [6.07, 6.45) is 0. The quantitative estimate of drug-likeness (QED) is 0.474. The molecule has 0 atom stereocenters. The van der Waals surface area contributed by atoms with Crippen LogP contribution in [-0.4, -0.2) is 4.98 Å². The molecule has 2 aromatic carbocycles. The van der Waals surface area contributed by atoms with Crippen molar-refractivity contribution >= 4 is 54.1 Å². The Hall–Kier alpha value is -1.92. The fraction of sp³-hybridized carbons (Fsp3) is 0. The minimum atomic E-state index is -0.248. The van der Waals surface area contributed by atoms with Gasteiger partial charge in [0.15, 0.2) is 5.58 Å². The molecule has 2 N–H and O–H groups in total. The van der Waals surface area contributed by atoms with E-state index in [1.807, 2.05) is 12.1 Å². The van der Waals surface area contributed by atoms with Gasteiger partial charge in [-0.2, -0.15) is 0 Å². The third kappa shape index (κ3) is 2.11. The topological polar surface area (TPSA) is 52.0 Å². The van der Waals surface area contributed by atoms with Crippen molar-refractivity contribution in [2.45, 2.75) is 0 Å². The number of nitrogens with zero attached hydrogens (tertiary/aromatic N) is 1. The maximum Gasteiger partial charge on any atom is 0.237 e. The third-order valence-corrected chi connectivity index (χ3v) is 4.72. The van der Waals surface area contributed by atoms with Gasteiger partial charge in [0.05, 0.1) is 10.6 Å². The van der Waals surface area contributed by atoms with Gasteiger partial charge in [-0.15, -0.1) is 11.3 Å². The van der Waals surface area contributed by atoms with Crippen LogP contribution < -0.4 is 5.73 Å². The van der Waals surface area contributed by atoms with Crippen molar-refractivity contribution < 1.29 is 8.81 Å². The minimum absolute atomic E-state index is 0.248. The van der Waals surface area contributed by atoms with Crippen LogP contribution in [-0.2, 0) is 0 Å². The van der Waals surface area contributed by atoms with Crippen molar-refractivity contribution in [1.29, 1.82) is 0 Å². The lowest BCUT2D eigenvalue weighted by Gasteiger charge is -1.93. The number of thiophene rings is 1. The number of nitrogens with two attached hydrogens (primary N) is 1. The zero-order valence-corrected chi connectivity index (χ0v) is 13.0. The van der Waals surface area contributed by atoms with Crippen molar-refractivity contribution in [2.75, 3.05) is 5.73 Å². The van der Waals surface area contributed by atoms with E-state index in [2.05, 4.69) is 20.9 Å². The molecule has 0 spiro atoms. The molecule has 2 aromatic heterocycles. The molecule has 0 aliphatic carbocycles. The van der Waals surface area contributed by atoms with Gasteiger partial charge in [0.2, 0.25) is 5.89 Å². The highest BCUT2D eigenvalue weighted by molar-refractivity contribution is 9.10. The Labute approximate surface area is 131 Å². The molecule has 0 saturated carbocycles. The van der Waals surface area contributed by atoms with Crippen molar-refractivity contribution in [2.24, 2.45) is 0 Å². The summed E-state index contributed by atoms with van der Waals surface area (Å²) >= 11 is 4.83. The van der Waals surface area contributed by atoms with Crippen LogP contribution >= 0.6 is 27.3 Å². The fourth-order valence-electron chi connectivity index (χ4n) is 2.24. The van der Waals surface area contributed by atoms with Gasteiger partial charge in [-0.1, -0.05) is 22.0 Å². The Balaban J connectivity index is 1.93. The number of nitrogen functional groups attached to an aromatic ring is 1. The summed E-state index contributed by atoms with van der Waals surface area (Å²) in [6.45, 7) is 0. The molecule has 4 rings (SSSR count). The number of aromatic nitrogens is 1. The van der Waals surface area contributed by atoms with Crippen LogP contribution in [0.4, 0.5) is 10.1 Å². The predicted octanol–water partition coefficient (Wildman–Crippen LogP) is 5.19. The number of rotatable bonds is 1. The van der Waals surface area contributed by atoms with Gasteiger partial charge >= 0.3 is 0 Å². The smallest absolute Gasteiger partial charge is 0.237 e. The molecule has 21 heavy (non-hydrogen) atoms. The van der Waals surface area contributed by atoms with E-state index in [-0.39, 0.29) is 5.82 Å². The van der Waals surface area contributed by atoms with Gasteiger partial charge in [-0.05, 0) is 35.7 Å². The van der Waals surface area contributed by atoms with E-state index < -0.39 is 0 Å². The third-order valence-electron chi connectivity index (χ3n) is 3.18. The van der Waals surface area contributed by atoms with E-state index in [1.165, 1.54) is 23.5 Å². The van der Waals surface area contributed by atoms with Crippen LogP contribution in [0.15, 0.2) is 45.3 Å². The molecule has 0 fully saturated rings. The average molecular weight is 363 g/mol. The lowest BCUT2D eigenvalue weighted by molar-refractivity contribution is 0.623. The van der Waals surface area contributed by atoms with Crippen LogP contribution in [0.25, 0.3) is 32.0 Å². The van der Waals surface area contributed by atoms with Gasteiger partial charge < -0.3 is 10.2 Å². The molecule has 104 valence electrons. The summed E-state index contributed by atoms with van der Waals surface area (Å²) in [6, 6.07) is 10.3. The molecular weight excluding hydrogens is 355 g/mol. The first-order valence-electron chi connectivity index (χ1n) is 6.15. The van der Waals surface area contributed by atoms with Gasteiger partial charge in [-0.3, -0.25) is 0 Å². The number of anilines is 1. The molecular formula is C15H8BrFN2OS. The highest BCUT2D eigenvalue weighted by Crippen LogP contribution is 2.36. The summed E-state index contributed by atoms with van der Waals surface area (Å²) in [5.74, 6) is 0.248. The van der Waals surface area contributed by atoms with Crippen LogP contribution in [0.5, 0.6) is 0 Å². The number of fused-ring (bicyclic) bond motifs is 2. The van der Waals surface area contributed by atoms with E-state index in [0.29, 0.717) is 22.7 Å². The zero-order valence-electron chi connectivity index (χ0n) is 10.6. The van der Waals surface area contributed by atoms with E-state index in [1.54, 1.807) is 12.1 Å². The monoisotopic (exact) mass is 362 g/mol. The van der Waals surface area contributed by atoms with E-state index in [0.717, 1.165) is 19.4 Å². The standard InChI is InChI=1S/C15H8BrFN2OS/c16-8-4-10(18)14-11(5-8)19-15(20-14)13-3-7-1-2-9(17)6-12(7)21-13/h1-6H,18H2. The van der Waals surface area contributed by atoms with Crippen LogP contribution in [0, 0.1) is 5.82 Å². The van der Waals surface area contributed by atoms with E-state index >= 15 is 0 Å². The van der Waals surface area contributed by atoms with Crippen LogP contribution in [0.2, 0.25) is 0 Å². The number of benzene rings is 2. The Morgan fingerprint density at radius 1 is 1.19 bits per heavy atom.